The summed E-state index contributed by atoms with van der Waals surface area (Å²) in [5.74, 6) is 0. The summed E-state index contributed by atoms with van der Waals surface area (Å²) in [6.07, 6.45) is 39.5. The van der Waals surface area contributed by atoms with Crippen LogP contribution in [0.2, 0.25) is 0 Å². The third-order valence-corrected chi connectivity index (χ3v) is 5.98. The molecule has 0 radical (unpaired) electrons. The highest BCUT2D eigenvalue weighted by Crippen LogP contribution is 2.13. The summed E-state index contributed by atoms with van der Waals surface area (Å²) in [5.41, 5.74) is 0. The smallest absolute Gasteiger partial charge is 0.0873 e. The minimum atomic E-state index is 0.907. The molecule has 0 amide bonds. The summed E-state index contributed by atoms with van der Waals surface area (Å²) in [7, 11) is 0. The van der Waals surface area contributed by atoms with Crippen LogP contribution < -0.4 is 0 Å². The van der Waals surface area contributed by atoms with Crippen molar-refractivity contribution in [3.8, 4) is 0 Å². The molecule has 0 N–H and O–H groups in total. The van der Waals surface area contributed by atoms with E-state index in [-0.39, 0.29) is 0 Å². The molecule has 0 saturated heterocycles. The number of ether oxygens (including phenoxy) is 1. The van der Waals surface area contributed by atoms with Gasteiger partial charge in [0.2, 0.25) is 0 Å². The standard InChI is InChI=1S/C27H50O/c1-2-4-6-8-10-12-14-16-18-20-22-24-26-28-27-25-23-21-19-17-15-13-11-9-7-5-3-1/h2,4,25,27H,1,3,5-24,26H2/b4-2-,27-25-. The lowest BCUT2D eigenvalue weighted by Crippen LogP contribution is -1.88. The summed E-state index contributed by atoms with van der Waals surface area (Å²) in [4.78, 5) is 0. The molecule has 0 bridgehead atoms. The predicted octanol–water partition coefficient (Wildman–Crippen LogP) is 9.67. The van der Waals surface area contributed by atoms with Crippen molar-refractivity contribution in [2.45, 2.75) is 141 Å². The van der Waals surface area contributed by atoms with Gasteiger partial charge in [-0.1, -0.05) is 108 Å². The van der Waals surface area contributed by atoms with Gasteiger partial charge in [0.05, 0.1) is 12.9 Å². The van der Waals surface area contributed by atoms with E-state index in [1.807, 2.05) is 6.26 Å². The van der Waals surface area contributed by atoms with Gasteiger partial charge in [0.25, 0.3) is 0 Å². The maximum absolute atomic E-state index is 5.63. The topological polar surface area (TPSA) is 9.23 Å². The van der Waals surface area contributed by atoms with E-state index in [0.29, 0.717) is 0 Å². The minimum absolute atomic E-state index is 0.907. The quantitative estimate of drug-likeness (QED) is 0.374. The highest BCUT2D eigenvalue weighted by atomic mass is 16.5. The Kier molecular flexibility index (Phi) is 20.4. The maximum atomic E-state index is 5.63. The third-order valence-electron chi connectivity index (χ3n) is 5.98. The highest BCUT2D eigenvalue weighted by Gasteiger charge is 1.94. The zero-order valence-corrected chi connectivity index (χ0v) is 19.0. The first-order chi connectivity index (χ1) is 14.0. The van der Waals surface area contributed by atoms with Gasteiger partial charge in [0, 0.05) is 0 Å². The van der Waals surface area contributed by atoms with Crippen LogP contribution >= 0.6 is 0 Å². The monoisotopic (exact) mass is 390 g/mol. The zero-order valence-electron chi connectivity index (χ0n) is 19.0. The zero-order chi connectivity index (χ0) is 19.8. The van der Waals surface area contributed by atoms with E-state index in [1.165, 1.54) is 141 Å². The fourth-order valence-electron chi connectivity index (χ4n) is 4.06. The molecule has 0 spiro atoms. The van der Waals surface area contributed by atoms with Crippen molar-refractivity contribution in [1.82, 2.24) is 0 Å². The van der Waals surface area contributed by atoms with Crippen LogP contribution in [0.1, 0.15) is 141 Å². The number of hydrogen-bond acceptors (Lipinski definition) is 1. The van der Waals surface area contributed by atoms with E-state index in [1.54, 1.807) is 0 Å². The molecular weight excluding hydrogens is 340 g/mol. The Hall–Kier alpha value is -0.720. The molecule has 0 aromatic heterocycles. The maximum Gasteiger partial charge on any atom is 0.0873 e. The Bertz CT molecular complexity index is 278. The normalized spacial score (nSPS) is 24.9. The van der Waals surface area contributed by atoms with Crippen molar-refractivity contribution in [3.05, 3.63) is 24.5 Å². The first-order valence-corrected chi connectivity index (χ1v) is 12.9. The second-order valence-electron chi connectivity index (χ2n) is 8.80. The molecule has 1 heteroatoms. The molecular formula is C27H50O. The molecule has 0 saturated carbocycles. The van der Waals surface area contributed by atoms with Crippen LogP contribution in [0.4, 0.5) is 0 Å². The first kappa shape index (κ1) is 25.3. The first-order valence-electron chi connectivity index (χ1n) is 12.9. The van der Waals surface area contributed by atoms with Crippen LogP contribution in [0.25, 0.3) is 0 Å². The van der Waals surface area contributed by atoms with Crippen molar-refractivity contribution < 1.29 is 4.74 Å². The van der Waals surface area contributed by atoms with E-state index < -0.39 is 0 Å². The molecule has 1 aliphatic heterocycles. The molecule has 0 aromatic carbocycles. The van der Waals surface area contributed by atoms with Gasteiger partial charge in [-0.05, 0) is 51.0 Å². The molecule has 1 rings (SSSR count). The molecule has 0 unspecified atom stereocenters. The van der Waals surface area contributed by atoms with Gasteiger partial charge in [-0.2, -0.15) is 0 Å². The lowest BCUT2D eigenvalue weighted by molar-refractivity contribution is 0.239. The fourth-order valence-corrected chi connectivity index (χ4v) is 4.06. The van der Waals surface area contributed by atoms with E-state index in [4.69, 9.17) is 4.74 Å². The number of rotatable bonds is 0. The van der Waals surface area contributed by atoms with Crippen LogP contribution in [-0.2, 0) is 4.74 Å². The van der Waals surface area contributed by atoms with Gasteiger partial charge in [-0.25, -0.2) is 0 Å². The molecule has 1 heterocycles. The van der Waals surface area contributed by atoms with Crippen LogP contribution in [0, 0.1) is 0 Å². The van der Waals surface area contributed by atoms with Gasteiger partial charge < -0.3 is 4.74 Å². The van der Waals surface area contributed by atoms with Crippen molar-refractivity contribution in [3.63, 3.8) is 0 Å². The summed E-state index contributed by atoms with van der Waals surface area (Å²) >= 11 is 0. The summed E-state index contributed by atoms with van der Waals surface area (Å²) in [6, 6.07) is 0. The van der Waals surface area contributed by atoms with Crippen LogP contribution in [0.15, 0.2) is 24.5 Å². The SMILES string of the molecule is C1=C\CCCCCCCCCCCO/C=C\CCCCCCCCCCCC/1. The fraction of sp³-hybridized carbons (Fsp3) is 0.852. The van der Waals surface area contributed by atoms with Crippen LogP contribution in [0.3, 0.4) is 0 Å². The lowest BCUT2D eigenvalue weighted by atomic mass is 10.0. The average Bonchev–Trinajstić information content (AvgIpc) is 2.71. The molecule has 0 aliphatic carbocycles. The molecule has 1 nitrogen and oxygen atoms in total. The van der Waals surface area contributed by atoms with Gasteiger partial charge in [0.15, 0.2) is 0 Å². The van der Waals surface area contributed by atoms with Gasteiger partial charge >= 0.3 is 0 Å². The second-order valence-corrected chi connectivity index (χ2v) is 8.80. The highest BCUT2D eigenvalue weighted by molar-refractivity contribution is 4.81. The van der Waals surface area contributed by atoms with Crippen molar-refractivity contribution in [1.29, 1.82) is 0 Å². The van der Waals surface area contributed by atoms with Crippen molar-refractivity contribution in [2.75, 3.05) is 6.61 Å². The molecule has 0 fully saturated rings. The van der Waals surface area contributed by atoms with Gasteiger partial charge in [-0.15, -0.1) is 0 Å². The molecule has 28 heavy (non-hydrogen) atoms. The second kappa shape index (κ2) is 22.6. The largest absolute Gasteiger partial charge is 0.502 e. The Morgan fingerprint density at radius 1 is 0.321 bits per heavy atom. The van der Waals surface area contributed by atoms with E-state index in [9.17, 15) is 0 Å². The van der Waals surface area contributed by atoms with Crippen molar-refractivity contribution in [2.24, 2.45) is 0 Å². The third kappa shape index (κ3) is 20.0. The van der Waals surface area contributed by atoms with E-state index in [2.05, 4.69) is 18.2 Å². The van der Waals surface area contributed by atoms with Gasteiger partial charge in [-0.3, -0.25) is 0 Å². The number of allylic oxidation sites excluding steroid dienone is 3. The van der Waals surface area contributed by atoms with E-state index in [0.717, 1.165) is 6.61 Å². The van der Waals surface area contributed by atoms with Gasteiger partial charge in [0.1, 0.15) is 0 Å². The summed E-state index contributed by atoms with van der Waals surface area (Å²) in [5, 5.41) is 0. The minimum Gasteiger partial charge on any atom is -0.502 e. The Balaban J connectivity index is 2.07. The van der Waals surface area contributed by atoms with E-state index >= 15 is 0 Å². The molecule has 0 aromatic rings. The predicted molar refractivity (Wildman–Crippen MR) is 126 cm³/mol. The van der Waals surface area contributed by atoms with Crippen LogP contribution in [-0.4, -0.2) is 6.61 Å². The Morgan fingerprint density at radius 3 is 1.07 bits per heavy atom. The molecule has 0 atom stereocenters. The lowest BCUT2D eigenvalue weighted by Gasteiger charge is -2.03. The Labute approximate surface area is 177 Å². The van der Waals surface area contributed by atoms with Crippen molar-refractivity contribution >= 4 is 0 Å². The number of hydrogen-bond donors (Lipinski definition) is 0. The molecule has 1 aliphatic rings. The summed E-state index contributed by atoms with van der Waals surface area (Å²) in [6.45, 7) is 0.907. The average molecular weight is 391 g/mol. The molecule has 164 valence electrons. The Morgan fingerprint density at radius 2 is 0.643 bits per heavy atom. The van der Waals surface area contributed by atoms with Crippen LogP contribution in [0.5, 0.6) is 0 Å². The summed E-state index contributed by atoms with van der Waals surface area (Å²) < 4.78 is 5.63.